The lowest BCUT2D eigenvalue weighted by Gasteiger charge is -2.32. The molecule has 2 aliphatic rings. The van der Waals surface area contributed by atoms with E-state index in [-0.39, 0.29) is 0 Å². The highest BCUT2D eigenvalue weighted by atomic mass is 32.1. The van der Waals surface area contributed by atoms with Crippen LogP contribution >= 0.6 is 11.3 Å². The Balaban J connectivity index is 1.46. The number of hydrogen-bond acceptors (Lipinski definition) is 5. The summed E-state index contributed by atoms with van der Waals surface area (Å²) in [4.78, 5) is 2.46. The zero-order valence-electron chi connectivity index (χ0n) is 12.9. The van der Waals surface area contributed by atoms with Crippen molar-refractivity contribution in [2.24, 2.45) is 13.0 Å². The topological polar surface area (TPSA) is 43.2 Å². The summed E-state index contributed by atoms with van der Waals surface area (Å²) in [6, 6.07) is 2.20. The van der Waals surface area contributed by atoms with E-state index < -0.39 is 0 Å². The standard InChI is InChI=1S/C16H22N4OS/c1-19-16-14(10-21-9-12-2-3-12)7-20(8-15(16)17-18-19)6-13-4-5-22-11-13/h4-5,11-12,14H,2-3,6-10H2,1H3. The van der Waals surface area contributed by atoms with Crippen molar-refractivity contribution >= 4 is 11.3 Å². The smallest absolute Gasteiger partial charge is 0.100 e. The van der Waals surface area contributed by atoms with Gasteiger partial charge in [-0.3, -0.25) is 9.58 Å². The van der Waals surface area contributed by atoms with E-state index in [1.165, 1.54) is 24.1 Å². The molecule has 0 N–H and O–H groups in total. The molecule has 6 heteroatoms. The van der Waals surface area contributed by atoms with Crippen LogP contribution in [-0.4, -0.2) is 39.7 Å². The zero-order valence-corrected chi connectivity index (χ0v) is 13.8. The maximum atomic E-state index is 5.97. The fraction of sp³-hybridized carbons (Fsp3) is 0.625. The van der Waals surface area contributed by atoms with Crippen LogP contribution in [0.1, 0.15) is 35.7 Å². The Morgan fingerprint density at radius 2 is 2.27 bits per heavy atom. The average Bonchev–Trinajstić information content (AvgIpc) is 3.04. The van der Waals surface area contributed by atoms with Gasteiger partial charge in [0.2, 0.25) is 0 Å². The number of hydrogen-bond donors (Lipinski definition) is 0. The summed E-state index contributed by atoms with van der Waals surface area (Å²) < 4.78 is 7.90. The van der Waals surface area contributed by atoms with Gasteiger partial charge in [-0.25, -0.2) is 0 Å². The second-order valence-corrected chi connectivity index (χ2v) is 7.30. The summed E-state index contributed by atoms with van der Waals surface area (Å²) >= 11 is 1.76. The van der Waals surface area contributed by atoms with Crippen molar-refractivity contribution < 1.29 is 4.74 Å². The molecule has 22 heavy (non-hydrogen) atoms. The third kappa shape index (κ3) is 3.09. The van der Waals surface area contributed by atoms with E-state index in [4.69, 9.17) is 4.74 Å². The van der Waals surface area contributed by atoms with Crippen LogP contribution in [0.5, 0.6) is 0 Å². The molecule has 1 unspecified atom stereocenters. The van der Waals surface area contributed by atoms with Crippen LogP contribution < -0.4 is 0 Å². The van der Waals surface area contributed by atoms with Crippen molar-refractivity contribution in [2.75, 3.05) is 19.8 Å². The molecule has 1 atom stereocenters. The maximum Gasteiger partial charge on any atom is 0.100 e. The molecule has 3 heterocycles. The summed E-state index contributed by atoms with van der Waals surface area (Å²) in [7, 11) is 1.99. The minimum Gasteiger partial charge on any atom is -0.380 e. The number of thiophene rings is 1. The van der Waals surface area contributed by atoms with Crippen LogP contribution in [0.3, 0.4) is 0 Å². The summed E-state index contributed by atoms with van der Waals surface area (Å²) in [5.41, 5.74) is 3.76. The van der Waals surface area contributed by atoms with Crippen LogP contribution in [0, 0.1) is 5.92 Å². The molecular formula is C16H22N4OS. The van der Waals surface area contributed by atoms with Gasteiger partial charge >= 0.3 is 0 Å². The van der Waals surface area contributed by atoms with E-state index in [1.54, 1.807) is 11.3 Å². The van der Waals surface area contributed by atoms with Crippen LogP contribution in [0.2, 0.25) is 0 Å². The Morgan fingerprint density at radius 3 is 3.05 bits per heavy atom. The van der Waals surface area contributed by atoms with Gasteiger partial charge in [-0.2, -0.15) is 11.3 Å². The molecule has 1 aliphatic heterocycles. The van der Waals surface area contributed by atoms with Crippen molar-refractivity contribution in [1.82, 2.24) is 19.9 Å². The van der Waals surface area contributed by atoms with E-state index >= 15 is 0 Å². The molecule has 0 spiro atoms. The predicted molar refractivity (Wildman–Crippen MR) is 85.7 cm³/mol. The highest BCUT2D eigenvalue weighted by Gasteiger charge is 2.31. The summed E-state index contributed by atoms with van der Waals surface area (Å²) in [5.74, 6) is 1.19. The molecule has 0 saturated heterocycles. The van der Waals surface area contributed by atoms with Gasteiger partial charge in [0.15, 0.2) is 0 Å². The zero-order chi connectivity index (χ0) is 14.9. The van der Waals surface area contributed by atoms with Crippen molar-refractivity contribution in [3.05, 3.63) is 33.8 Å². The molecule has 0 radical (unpaired) electrons. The maximum absolute atomic E-state index is 5.97. The van der Waals surface area contributed by atoms with Gasteiger partial charge < -0.3 is 4.74 Å². The lowest BCUT2D eigenvalue weighted by atomic mass is 9.98. The molecule has 2 aromatic heterocycles. The van der Waals surface area contributed by atoms with Crippen molar-refractivity contribution in [3.63, 3.8) is 0 Å². The van der Waals surface area contributed by atoms with Crippen molar-refractivity contribution in [2.45, 2.75) is 31.8 Å². The monoisotopic (exact) mass is 318 g/mol. The molecule has 118 valence electrons. The number of aryl methyl sites for hydroxylation is 1. The first-order valence-corrected chi connectivity index (χ1v) is 8.93. The SMILES string of the molecule is Cn1nnc2c1C(COCC1CC1)CN(Cc1ccsc1)C2. The van der Waals surface area contributed by atoms with Gasteiger partial charge in [-0.15, -0.1) is 5.10 Å². The largest absolute Gasteiger partial charge is 0.380 e. The number of nitrogens with zero attached hydrogens (tertiary/aromatic N) is 4. The molecule has 0 bridgehead atoms. The first kappa shape index (κ1) is 14.4. The minimum atomic E-state index is 0.376. The van der Waals surface area contributed by atoms with Crippen LogP contribution in [-0.2, 0) is 24.9 Å². The number of rotatable bonds is 6. The van der Waals surface area contributed by atoms with E-state index in [0.717, 1.165) is 44.5 Å². The molecule has 1 saturated carbocycles. The molecular weight excluding hydrogens is 296 g/mol. The van der Waals surface area contributed by atoms with E-state index in [9.17, 15) is 0 Å². The quantitative estimate of drug-likeness (QED) is 0.820. The summed E-state index contributed by atoms with van der Waals surface area (Å²) in [6.45, 7) is 4.60. The summed E-state index contributed by atoms with van der Waals surface area (Å²) in [6.07, 6.45) is 2.68. The average molecular weight is 318 g/mol. The molecule has 0 aromatic carbocycles. The number of aromatic nitrogens is 3. The third-order valence-corrected chi connectivity index (χ3v) is 5.27. The minimum absolute atomic E-state index is 0.376. The molecule has 4 rings (SSSR count). The van der Waals surface area contributed by atoms with Crippen LogP contribution in [0.4, 0.5) is 0 Å². The summed E-state index contributed by atoms with van der Waals surface area (Å²) in [5, 5.41) is 13.0. The third-order valence-electron chi connectivity index (χ3n) is 4.54. The first-order valence-electron chi connectivity index (χ1n) is 7.99. The van der Waals surface area contributed by atoms with E-state index in [2.05, 4.69) is 32.0 Å². The predicted octanol–water partition coefficient (Wildman–Crippen LogP) is 2.40. The normalized spacial score (nSPS) is 22.0. The Labute approximate surface area is 134 Å². The molecule has 1 fully saturated rings. The first-order chi connectivity index (χ1) is 10.8. The lowest BCUT2D eigenvalue weighted by molar-refractivity contribution is 0.0866. The number of fused-ring (bicyclic) bond motifs is 1. The fourth-order valence-electron chi connectivity index (χ4n) is 3.25. The fourth-order valence-corrected chi connectivity index (χ4v) is 3.91. The number of ether oxygens (including phenoxy) is 1. The van der Waals surface area contributed by atoms with E-state index in [1.807, 2.05) is 11.7 Å². The molecule has 2 aromatic rings. The van der Waals surface area contributed by atoms with E-state index in [0.29, 0.717) is 5.92 Å². The Kier molecular flexibility index (Phi) is 3.98. The van der Waals surface area contributed by atoms with Gasteiger partial charge in [0, 0.05) is 39.2 Å². The van der Waals surface area contributed by atoms with Gasteiger partial charge in [0.1, 0.15) is 5.69 Å². The Bertz CT molecular complexity index is 620. The van der Waals surface area contributed by atoms with Crippen molar-refractivity contribution in [1.29, 1.82) is 0 Å². The van der Waals surface area contributed by atoms with Gasteiger partial charge in [-0.1, -0.05) is 5.21 Å². The lowest BCUT2D eigenvalue weighted by Crippen LogP contribution is -2.36. The van der Waals surface area contributed by atoms with Crippen LogP contribution in [0.25, 0.3) is 0 Å². The molecule has 0 amide bonds. The second-order valence-electron chi connectivity index (χ2n) is 6.52. The van der Waals surface area contributed by atoms with Gasteiger partial charge in [-0.05, 0) is 41.1 Å². The highest BCUT2D eigenvalue weighted by Crippen LogP contribution is 2.31. The second kappa shape index (κ2) is 6.10. The molecule has 1 aliphatic carbocycles. The highest BCUT2D eigenvalue weighted by molar-refractivity contribution is 7.07. The van der Waals surface area contributed by atoms with Crippen molar-refractivity contribution in [3.8, 4) is 0 Å². The van der Waals surface area contributed by atoms with Gasteiger partial charge in [0.05, 0.1) is 12.3 Å². The Morgan fingerprint density at radius 1 is 1.36 bits per heavy atom. The Hall–Kier alpha value is -1.24. The molecule has 5 nitrogen and oxygen atoms in total. The van der Waals surface area contributed by atoms with Gasteiger partial charge in [0.25, 0.3) is 0 Å². The van der Waals surface area contributed by atoms with Crippen LogP contribution in [0.15, 0.2) is 16.8 Å².